The van der Waals surface area contributed by atoms with Gasteiger partial charge in [0.2, 0.25) is 15.9 Å². The molecular weight excluding hydrogens is 372 g/mol. The van der Waals surface area contributed by atoms with Crippen molar-refractivity contribution in [3.8, 4) is 0 Å². The second kappa shape index (κ2) is 9.65. The summed E-state index contributed by atoms with van der Waals surface area (Å²) in [7, 11) is -3.24. The Kier molecular flexibility index (Phi) is 7.55. The van der Waals surface area contributed by atoms with E-state index in [1.54, 1.807) is 18.2 Å². The maximum Gasteiger partial charge on any atom is 0.292 e. The van der Waals surface area contributed by atoms with Crippen LogP contribution in [0.15, 0.2) is 24.3 Å². The van der Waals surface area contributed by atoms with Crippen LogP contribution in [-0.4, -0.2) is 56.1 Å². The summed E-state index contributed by atoms with van der Waals surface area (Å²) >= 11 is 0. The lowest BCUT2D eigenvalue weighted by Gasteiger charge is -2.36. The molecule has 1 fully saturated rings. The van der Waals surface area contributed by atoms with Crippen LogP contribution in [0, 0.1) is 10.1 Å². The number of hydrogen-bond donors (Lipinski definition) is 2. The number of nitro groups is 1. The van der Waals surface area contributed by atoms with Gasteiger partial charge in [0.05, 0.1) is 11.2 Å². The van der Waals surface area contributed by atoms with Crippen molar-refractivity contribution in [2.45, 2.75) is 38.1 Å². The largest absolute Gasteiger partial charge is 0.379 e. The second-order valence-electron chi connectivity index (χ2n) is 6.64. The SMILES string of the molecule is CS(=O)(=O)NCC[C@@H]1CCCCN1C(=O)CCNc1ccccc1[N+](=O)[O-]. The minimum Gasteiger partial charge on any atom is -0.379 e. The molecular formula is C17H26N4O5S. The maximum atomic E-state index is 12.6. The van der Waals surface area contributed by atoms with Crippen LogP contribution in [0.5, 0.6) is 0 Å². The molecule has 2 N–H and O–H groups in total. The van der Waals surface area contributed by atoms with Gasteiger partial charge in [-0.1, -0.05) is 12.1 Å². The monoisotopic (exact) mass is 398 g/mol. The molecule has 1 amide bonds. The Hall–Kier alpha value is -2.20. The van der Waals surface area contributed by atoms with Crippen molar-refractivity contribution in [1.29, 1.82) is 0 Å². The number of nitrogens with one attached hydrogen (secondary N) is 2. The van der Waals surface area contributed by atoms with Gasteiger partial charge in [0, 0.05) is 38.2 Å². The molecule has 0 aliphatic carbocycles. The van der Waals surface area contributed by atoms with Crippen LogP contribution in [0.4, 0.5) is 11.4 Å². The van der Waals surface area contributed by atoms with Gasteiger partial charge in [0.1, 0.15) is 5.69 Å². The summed E-state index contributed by atoms with van der Waals surface area (Å²) in [6.45, 7) is 1.27. The van der Waals surface area contributed by atoms with Crippen LogP contribution < -0.4 is 10.0 Å². The van der Waals surface area contributed by atoms with Gasteiger partial charge in [-0.2, -0.15) is 0 Å². The first kappa shape index (κ1) is 21.1. The summed E-state index contributed by atoms with van der Waals surface area (Å²) in [5.74, 6) is -0.0230. The lowest BCUT2D eigenvalue weighted by atomic mass is 9.99. The Labute approximate surface area is 159 Å². The smallest absolute Gasteiger partial charge is 0.292 e. The van der Waals surface area contributed by atoms with Crippen LogP contribution in [-0.2, 0) is 14.8 Å². The van der Waals surface area contributed by atoms with E-state index in [1.807, 2.05) is 4.90 Å². The van der Waals surface area contributed by atoms with Crippen molar-refractivity contribution < 1.29 is 18.1 Å². The molecule has 10 heteroatoms. The molecule has 0 aromatic heterocycles. The first-order chi connectivity index (χ1) is 12.8. The van der Waals surface area contributed by atoms with Crippen LogP contribution in [0.2, 0.25) is 0 Å². The number of carbonyl (C=O) groups excluding carboxylic acids is 1. The van der Waals surface area contributed by atoms with Crippen LogP contribution in [0.25, 0.3) is 0 Å². The number of amides is 1. The highest BCUT2D eigenvalue weighted by atomic mass is 32.2. The lowest BCUT2D eigenvalue weighted by Crippen LogP contribution is -2.45. The Balaban J connectivity index is 1.87. The average Bonchev–Trinajstić information content (AvgIpc) is 2.61. The lowest BCUT2D eigenvalue weighted by molar-refractivity contribution is -0.384. The molecule has 1 atom stereocenters. The van der Waals surface area contributed by atoms with Crippen molar-refractivity contribution in [3.63, 3.8) is 0 Å². The second-order valence-corrected chi connectivity index (χ2v) is 8.48. The minimum absolute atomic E-state index is 0.0200. The van der Waals surface area contributed by atoms with Crippen LogP contribution in [0.3, 0.4) is 0 Å². The van der Waals surface area contributed by atoms with E-state index < -0.39 is 14.9 Å². The molecule has 0 spiro atoms. The molecule has 9 nitrogen and oxygen atoms in total. The number of anilines is 1. The van der Waals surface area contributed by atoms with Gasteiger partial charge in [-0.3, -0.25) is 14.9 Å². The number of benzene rings is 1. The topological polar surface area (TPSA) is 122 Å². The van der Waals surface area contributed by atoms with Crippen molar-refractivity contribution >= 4 is 27.3 Å². The van der Waals surface area contributed by atoms with Gasteiger partial charge in [0.25, 0.3) is 5.69 Å². The molecule has 1 saturated heterocycles. The molecule has 1 heterocycles. The zero-order chi connectivity index (χ0) is 19.9. The summed E-state index contributed by atoms with van der Waals surface area (Å²) in [4.78, 5) is 25.0. The predicted octanol–water partition coefficient (Wildman–Crippen LogP) is 1.72. The number of likely N-dealkylation sites (tertiary alicyclic amines) is 1. The molecule has 1 aromatic rings. The molecule has 0 unspecified atom stereocenters. The minimum atomic E-state index is -3.24. The number of para-hydroxylation sites is 2. The zero-order valence-corrected chi connectivity index (χ0v) is 16.2. The summed E-state index contributed by atoms with van der Waals surface area (Å²) in [5.41, 5.74) is 0.371. The molecule has 1 aliphatic heterocycles. The Bertz CT molecular complexity index is 768. The molecule has 0 radical (unpaired) electrons. The highest BCUT2D eigenvalue weighted by molar-refractivity contribution is 7.88. The van der Waals surface area contributed by atoms with Gasteiger partial charge >= 0.3 is 0 Å². The predicted molar refractivity (Wildman–Crippen MR) is 103 cm³/mol. The van der Waals surface area contributed by atoms with E-state index in [1.165, 1.54) is 6.07 Å². The van der Waals surface area contributed by atoms with E-state index in [0.717, 1.165) is 25.5 Å². The van der Waals surface area contributed by atoms with Gasteiger partial charge in [-0.05, 0) is 31.7 Å². The molecule has 150 valence electrons. The number of hydrogen-bond acceptors (Lipinski definition) is 6. The molecule has 27 heavy (non-hydrogen) atoms. The van der Waals surface area contributed by atoms with Crippen molar-refractivity contribution in [2.75, 3.05) is 31.2 Å². The third-order valence-electron chi connectivity index (χ3n) is 4.54. The zero-order valence-electron chi connectivity index (χ0n) is 15.4. The van der Waals surface area contributed by atoms with E-state index in [0.29, 0.717) is 31.7 Å². The summed E-state index contributed by atoms with van der Waals surface area (Å²) < 4.78 is 24.9. The number of nitrogens with zero attached hydrogens (tertiary/aromatic N) is 2. The van der Waals surface area contributed by atoms with E-state index in [9.17, 15) is 23.3 Å². The van der Waals surface area contributed by atoms with Gasteiger partial charge < -0.3 is 10.2 Å². The summed E-state index contributed by atoms with van der Waals surface area (Å²) in [6, 6.07) is 6.35. The molecule has 2 rings (SSSR count). The summed E-state index contributed by atoms with van der Waals surface area (Å²) in [5, 5.41) is 14.0. The van der Waals surface area contributed by atoms with Crippen molar-refractivity contribution in [2.24, 2.45) is 0 Å². The Morgan fingerprint density at radius 1 is 1.30 bits per heavy atom. The quantitative estimate of drug-likeness (QED) is 0.482. The van der Waals surface area contributed by atoms with Crippen LogP contribution in [0.1, 0.15) is 32.1 Å². The van der Waals surface area contributed by atoms with E-state index in [-0.39, 0.29) is 24.1 Å². The Morgan fingerprint density at radius 3 is 2.74 bits per heavy atom. The Morgan fingerprint density at radius 2 is 2.04 bits per heavy atom. The van der Waals surface area contributed by atoms with Crippen molar-refractivity contribution in [3.05, 3.63) is 34.4 Å². The average molecular weight is 398 g/mol. The number of carbonyl (C=O) groups is 1. The van der Waals surface area contributed by atoms with Gasteiger partial charge in [-0.15, -0.1) is 0 Å². The highest BCUT2D eigenvalue weighted by Crippen LogP contribution is 2.24. The number of nitro benzene ring substituents is 1. The standard InChI is InChI=1S/C17H26N4O5S/c1-27(25,26)19-12-9-14-6-4-5-13-20(14)17(22)10-11-18-15-7-2-3-8-16(15)21(23)24/h2-3,7-8,14,18-19H,4-6,9-13H2,1H3/t14-/m0/s1. The van der Waals surface area contributed by atoms with E-state index >= 15 is 0 Å². The third kappa shape index (κ3) is 6.79. The molecule has 0 bridgehead atoms. The third-order valence-corrected chi connectivity index (χ3v) is 5.27. The highest BCUT2D eigenvalue weighted by Gasteiger charge is 2.26. The molecule has 1 aromatic carbocycles. The fourth-order valence-corrected chi connectivity index (χ4v) is 3.76. The van der Waals surface area contributed by atoms with Crippen molar-refractivity contribution in [1.82, 2.24) is 9.62 Å². The normalized spacial score (nSPS) is 17.5. The fraction of sp³-hybridized carbons (Fsp3) is 0.588. The van der Waals surface area contributed by atoms with E-state index in [4.69, 9.17) is 0 Å². The van der Waals surface area contributed by atoms with Gasteiger partial charge in [0.15, 0.2) is 0 Å². The number of piperidine rings is 1. The maximum absolute atomic E-state index is 12.6. The number of rotatable bonds is 9. The van der Waals surface area contributed by atoms with Gasteiger partial charge in [-0.25, -0.2) is 13.1 Å². The number of sulfonamides is 1. The van der Waals surface area contributed by atoms with E-state index in [2.05, 4.69) is 10.0 Å². The molecule has 0 saturated carbocycles. The first-order valence-corrected chi connectivity index (χ1v) is 10.9. The first-order valence-electron chi connectivity index (χ1n) is 8.99. The molecule has 1 aliphatic rings. The fourth-order valence-electron chi connectivity index (χ4n) is 3.27. The summed E-state index contributed by atoms with van der Waals surface area (Å²) in [6.07, 6.45) is 4.72. The van der Waals surface area contributed by atoms with Crippen LogP contribution >= 0.6 is 0 Å².